The number of nitrogens with one attached hydrogen (secondary N) is 1. The molecule has 0 heterocycles. The van der Waals surface area contributed by atoms with Gasteiger partial charge in [0, 0.05) is 30.1 Å². The van der Waals surface area contributed by atoms with Crippen LogP contribution in [-0.4, -0.2) is 44.3 Å². The van der Waals surface area contributed by atoms with Crippen molar-refractivity contribution in [1.82, 2.24) is 10.2 Å². The van der Waals surface area contributed by atoms with Crippen LogP contribution in [0.5, 0.6) is 0 Å². The zero-order chi connectivity index (χ0) is 32.4. The van der Waals surface area contributed by atoms with Crippen LogP contribution in [0.2, 0.25) is 5.02 Å². The van der Waals surface area contributed by atoms with E-state index in [1.54, 1.807) is 49.4 Å². The summed E-state index contributed by atoms with van der Waals surface area (Å²) in [7, 11) is -4.27. The Balaban J connectivity index is 1.80. The molecule has 0 saturated heterocycles. The average molecular weight is 650 g/mol. The van der Waals surface area contributed by atoms with E-state index in [9.17, 15) is 18.0 Å². The molecule has 0 aromatic heterocycles. The molecule has 2 amide bonds. The third kappa shape index (κ3) is 8.71. The molecule has 10 heteroatoms. The molecule has 7 nitrogen and oxygen atoms in total. The summed E-state index contributed by atoms with van der Waals surface area (Å²) in [4.78, 5) is 29.4. The Kier molecular flexibility index (Phi) is 11.7. The molecule has 0 bridgehead atoms. The lowest BCUT2D eigenvalue weighted by Gasteiger charge is -2.34. The lowest BCUT2D eigenvalue weighted by atomic mass is 10.0. The highest BCUT2D eigenvalue weighted by atomic mass is 35.5. The second kappa shape index (κ2) is 15.7. The normalized spacial score (nSPS) is 11.9. The van der Waals surface area contributed by atoms with Crippen LogP contribution in [0.1, 0.15) is 36.5 Å². The van der Waals surface area contributed by atoms with Crippen LogP contribution < -0.4 is 9.62 Å². The first-order valence-corrected chi connectivity index (χ1v) is 16.6. The van der Waals surface area contributed by atoms with Crippen molar-refractivity contribution in [2.75, 3.05) is 17.4 Å². The molecule has 0 saturated carbocycles. The molecule has 4 aromatic carbocycles. The smallest absolute Gasteiger partial charge is 0.264 e. The molecular formula is C35H37ClFN3O4S. The van der Waals surface area contributed by atoms with Gasteiger partial charge in [0.05, 0.1) is 10.6 Å². The quantitative estimate of drug-likeness (QED) is 0.157. The van der Waals surface area contributed by atoms with Crippen molar-refractivity contribution in [1.29, 1.82) is 0 Å². The Hall–Kier alpha value is -4.21. The third-order valence-electron chi connectivity index (χ3n) is 7.46. The topological polar surface area (TPSA) is 86.8 Å². The zero-order valence-electron chi connectivity index (χ0n) is 25.3. The predicted octanol–water partition coefficient (Wildman–Crippen LogP) is 6.54. The lowest BCUT2D eigenvalue weighted by molar-refractivity contribution is -0.140. The van der Waals surface area contributed by atoms with E-state index in [0.29, 0.717) is 22.8 Å². The zero-order valence-corrected chi connectivity index (χ0v) is 26.9. The number of carbonyl (C=O) groups is 2. The number of para-hydroxylation sites is 1. The van der Waals surface area contributed by atoms with E-state index in [2.05, 4.69) is 5.32 Å². The number of rotatable bonds is 14. The summed E-state index contributed by atoms with van der Waals surface area (Å²) in [6, 6.07) is 26.7. The van der Waals surface area contributed by atoms with E-state index in [4.69, 9.17) is 11.6 Å². The van der Waals surface area contributed by atoms with Crippen LogP contribution in [0.3, 0.4) is 0 Å². The summed E-state index contributed by atoms with van der Waals surface area (Å²) in [5.41, 5.74) is 1.93. The van der Waals surface area contributed by atoms with E-state index in [1.807, 2.05) is 37.3 Å². The van der Waals surface area contributed by atoms with Crippen molar-refractivity contribution in [2.45, 2.75) is 50.6 Å². The Morgan fingerprint density at radius 1 is 0.889 bits per heavy atom. The Bertz CT molecular complexity index is 1700. The average Bonchev–Trinajstić information content (AvgIpc) is 3.03. The third-order valence-corrected chi connectivity index (χ3v) is 9.49. The van der Waals surface area contributed by atoms with Crippen LogP contribution in [0.25, 0.3) is 0 Å². The molecule has 0 aliphatic heterocycles. The SMILES string of the molecule is CCCCNC(=O)C(Cc1ccccc1)N(Cc1ccccc1F)C(=O)CN(c1ccccc1C)S(=O)(=O)c1ccc(Cl)cc1. The van der Waals surface area contributed by atoms with Crippen LogP contribution in [0.4, 0.5) is 10.1 Å². The van der Waals surface area contributed by atoms with Gasteiger partial charge < -0.3 is 10.2 Å². The summed E-state index contributed by atoms with van der Waals surface area (Å²) in [6.45, 7) is 3.29. The minimum Gasteiger partial charge on any atom is -0.354 e. The van der Waals surface area contributed by atoms with Gasteiger partial charge in [-0.1, -0.05) is 91.7 Å². The van der Waals surface area contributed by atoms with Gasteiger partial charge in [0.15, 0.2) is 0 Å². The van der Waals surface area contributed by atoms with Gasteiger partial charge in [-0.15, -0.1) is 0 Å². The first-order chi connectivity index (χ1) is 21.6. The summed E-state index contributed by atoms with van der Waals surface area (Å²) in [5.74, 6) is -1.60. The first kappa shape index (κ1) is 33.7. The summed E-state index contributed by atoms with van der Waals surface area (Å²) >= 11 is 6.04. The fraction of sp³-hybridized carbons (Fsp3) is 0.257. The maximum atomic E-state index is 15.0. The molecule has 0 radical (unpaired) electrons. The van der Waals surface area contributed by atoms with Gasteiger partial charge in [-0.3, -0.25) is 13.9 Å². The Morgan fingerprint density at radius 2 is 1.53 bits per heavy atom. The molecule has 0 aliphatic rings. The van der Waals surface area contributed by atoms with E-state index in [0.717, 1.165) is 22.7 Å². The number of hydrogen-bond acceptors (Lipinski definition) is 4. The van der Waals surface area contributed by atoms with Crippen LogP contribution in [0.15, 0.2) is 108 Å². The number of halogens is 2. The van der Waals surface area contributed by atoms with Crippen molar-refractivity contribution in [3.8, 4) is 0 Å². The molecule has 0 aliphatic carbocycles. The summed E-state index contributed by atoms with van der Waals surface area (Å²) < 4.78 is 44.3. The highest BCUT2D eigenvalue weighted by Crippen LogP contribution is 2.28. The number of unbranched alkanes of at least 4 members (excludes halogenated alkanes) is 1. The Labute approximate surface area is 269 Å². The highest BCUT2D eigenvalue weighted by molar-refractivity contribution is 7.92. The first-order valence-electron chi connectivity index (χ1n) is 14.8. The van der Waals surface area contributed by atoms with Gasteiger partial charge >= 0.3 is 0 Å². The molecular weight excluding hydrogens is 613 g/mol. The van der Waals surface area contributed by atoms with Gasteiger partial charge in [-0.05, 0) is 60.9 Å². The van der Waals surface area contributed by atoms with E-state index in [-0.39, 0.29) is 23.4 Å². The minimum absolute atomic E-state index is 0.0539. The number of anilines is 1. The summed E-state index contributed by atoms with van der Waals surface area (Å²) in [6.07, 6.45) is 1.74. The molecule has 236 valence electrons. The van der Waals surface area contributed by atoms with Crippen molar-refractivity contribution >= 4 is 39.1 Å². The number of sulfonamides is 1. The minimum atomic E-state index is -4.27. The standard InChI is InChI=1S/C35H37ClFN3O4S/c1-3-4-22-38-35(42)33(23-27-13-6-5-7-14-27)39(24-28-15-9-10-16-31(28)37)34(41)25-40(32-17-11-8-12-26(32)2)45(43,44)30-20-18-29(36)19-21-30/h5-21,33H,3-4,22-25H2,1-2H3,(H,38,42). The Morgan fingerprint density at radius 3 is 2.20 bits per heavy atom. The fourth-order valence-corrected chi connectivity index (χ4v) is 6.57. The van der Waals surface area contributed by atoms with Gasteiger partial charge in [0.1, 0.15) is 18.4 Å². The predicted molar refractivity (Wildman–Crippen MR) is 176 cm³/mol. The van der Waals surface area contributed by atoms with Gasteiger partial charge in [0.2, 0.25) is 11.8 Å². The highest BCUT2D eigenvalue weighted by Gasteiger charge is 2.35. The largest absolute Gasteiger partial charge is 0.354 e. The molecule has 1 unspecified atom stereocenters. The summed E-state index contributed by atoms with van der Waals surface area (Å²) in [5, 5.41) is 3.29. The van der Waals surface area contributed by atoms with Crippen LogP contribution in [-0.2, 0) is 32.6 Å². The number of amides is 2. The number of hydrogen-bond donors (Lipinski definition) is 1. The van der Waals surface area contributed by atoms with E-state index < -0.39 is 40.2 Å². The molecule has 0 fully saturated rings. The monoisotopic (exact) mass is 649 g/mol. The van der Waals surface area contributed by atoms with E-state index in [1.165, 1.54) is 35.2 Å². The second-order valence-corrected chi connectivity index (χ2v) is 13.0. The molecule has 0 spiro atoms. The number of aryl methyl sites for hydroxylation is 1. The number of nitrogens with zero attached hydrogens (tertiary/aromatic N) is 2. The van der Waals surface area contributed by atoms with Crippen molar-refractivity contribution < 1.29 is 22.4 Å². The van der Waals surface area contributed by atoms with Gasteiger partial charge in [0.25, 0.3) is 10.0 Å². The van der Waals surface area contributed by atoms with E-state index >= 15 is 4.39 Å². The molecule has 4 aromatic rings. The van der Waals surface area contributed by atoms with Crippen molar-refractivity contribution in [3.63, 3.8) is 0 Å². The molecule has 1 atom stereocenters. The maximum Gasteiger partial charge on any atom is 0.264 e. The fourth-order valence-electron chi connectivity index (χ4n) is 4.96. The van der Waals surface area contributed by atoms with Crippen LogP contribution >= 0.6 is 11.6 Å². The van der Waals surface area contributed by atoms with Crippen molar-refractivity contribution in [3.05, 3.63) is 131 Å². The molecule has 4 rings (SSSR count). The molecule has 45 heavy (non-hydrogen) atoms. The number of carbonyl (C=O) groups excluding carboxylic acids is 2. The van der Waals surface area contributed by atoms with Crippen molar-refractivity contribution in [2.24, 2.45) is 0 Å². The lowest BCUT2D eigenvalue weighted by Crippen LogP contribution is -2.53. The van der Waals surface area contributed by atoms with Crippen LogP contribution in [0, 0.1) is 12.7 Å². The molecule has 1 N–H and O–H groups in total. The van der Waals surface area contributed by atoms with Gasteiger partial charge in [-0.25, -0.2) is 12.8 Å². The number of benzene rings is 4. The van der Waals surface area contributed by atoms with Gasteiger partial charge in [-0.2, -0.15) is 0 Å². The second-order valence-electron chi connectivity index (χ2n) is 10.7. The maximum absolute atomic E-state index is 15.0.